The molecule has 0 N–H and O–H groups in total. The molecule has 1 atom stereocenters. The minimum atomic E-state index is -3.70. The molecule has 1 aliphatic rings. The second kappa shape index (κ2) is 5.39. The molecule has 2 aromatic rings. The molecule has 0 amide bonds. The Hall–Kier alpha value is -1.89. The van der Waals surface area contributed by atoms with Gasteiger partial charge >= 0.3 is 0 Å². The third-order valence-corrected chi connectivity index (χ3v) is 5.88. The first kappa shape index (κ1) is 15.0. The van der Waals surface area contributed by atoms with E-state index in [4.69, 9.17) is 0 Å². The number of aryl methyl sites for hydroxylation is 2. The minimum Gasteiger partial charge on any atom is -0.272 e. The summed E-state index contributed by atoms with van der Waals surface area (Å²) in [5.41, 5.74) is 1.29. The number of halogens is 1. The molecule has 3 rings (SSSR count). The van der Waals surface area contributed by atoms with Crippen LogP contribution in [0.4, 0.5) is 10.1 Å². The Morgan fingerprint density at radius 2 is 2.18 bits per heavy atom. The zero-order chi connectivity index (χ0) is 15.9. The number of fused-ring (bicyclic) bond motifs is 1. The summed E-state index contributed by atoms with van der Waals surface area (Å²) in [6.45, 7) is 4.37. The van der Waals surface area contributed by atoms with Crippen LogP contribution in [0.2, 0.25) is 0 Å². The monoisotopic (exact) mass is 323 g/mol. The fourth-order valence-corrected chi connectivity index (χ4v) is 4.50. The van der Waals surface area contributed by atoms with E-state index >= 15 is 0 Å². The zero-order valence-electron chi connectivity index (χ0n) is 12.5. The Labute approximate surface area is 129 Å². The summed E-state index contributed by atoms with van der Waals surface area (Å²) < 4.78 is 42.3. The number of rotatable bonds is 3. The summed E-state index contributed by atoms with van der Waals surface area (Å²) in [4.78, 5) is 0.165. The Bertz CT molecular complexity index is 801. The summed E-state index contributed by atoms with van der Waals surface area (Å²) in [6.07, 6.45) is 4.23. The van der Waals surface area contributed by atoms with Gasteiger partial charge in [-0.1, -0.05) is 0 Å². The smallest absolute Gasteiger partial charge is 0.267 e. The number of sulfonamides is 1. The molecular formula is C15H18FN3O2S. The first-order valence-corrected chi connectivity index (χ1v) is 8.73. The van der Waals surface area contributed by atoms with Crippen molar-refractivity contribution in [3.63, 3.8) is 0 Å². The minimum absolute atomic E-state index is 0.165. The number of nitrogens with zero attached hydrogens (tertiary/aromatic N) is 3. The molecule has 0 fully saturated rings. The maximum atomic E-state index is 13.4. The number of anilines is 1. The molecule has 0 aliphatic carbocycles. The van der Waals surface area contributed by atoms with Crippen LogP contribution in [0.3, 0.4) is 0 Å². The molecule has 2 heterocycles. The van der Waals surface area contributed by atoms with Crippen LogP contribution in [0.25, 0.3) is 0 Å². The average Bonchev–Trinajstić information content (AvgIpc) is 2.97. The predicted octanol–water partition coefficient (Wildman–Crippen LogP) is 2.57. The predicted molar refractivity (Wildman–Crippen MR) is 81.7 cm³/mol. The van der Waals surface area contributed by atoms with E-state index in [1.165, 1.54) is 28.8 Å². The number of benzene rings is 1. The van der Waals surface area contributed by atoms with E-state index < -0.39 is 10.0 Å². The van der Waals surface area contributed by atoms with Crippen molar-refractivity contribution < 1.29 is 12.8 Å². The molecule has 0 saturated heterocycles. The van der Waals surface area contributed by atoms with Crippen molar-refractivity contribution in [3.05, 3.63) is 42.0 Å². The van der Waals surface area contributed by atoms with E-state index in [2.05, 4.69) is 5.10 Å². The Balaban J connectivity index is 2.10. The molecule has 0 spiro atoms. The first-order chi connectivity index (χ1) is 10.4. The summed E-state index contributed by atoms with van der Waals surface area (Å²) in [7, 11) is -3.70. The summed E-state index contributed by atoms with van der Waals surface area (Å²) >= 11 is 0. The van der Waals surface area contributed by atoms with Crippen molar-refractivity contribution in [2.24, 2.45) is 0 Å². The lowest BCUT2D eigenvalue weighted by atomic mass is 9.99. The topological polar surface area (TPSA) is 55.2 Å². The Morgan fingerprint density at radius 3 is 2.86 bits per heavy atom. The molecule has 0 saturated carbocycles. The second-order valence-corrected chi connectivity index (χ2v) is 7.31. The van der Waals surface area contributed by atoms with Crippen LogP contribution in [0.1, 0.15) is 25.8 Å². The normalized spacial score (nSPS) is 18.3. The molecule has 0 bridgehead atoms. The van der Waals surface area contributed by atoms with E-state index in [1.807, 2.05) is 13.8 Å². The summed E-state index contributed by atoms with van der Waals surface area (Å²) in [6, 6.07) is 4.09. The lowest BCUT2D eigenvalue weighted by Crippen LogP contribution is -2.42. The van der Waals surface area contributed by atoms with Gasteiger partial charge in [0.25, 0.3) is 10.0 Å². The number of hydrogen-bond donors (Lipinski definition) is 0. The molecule has 1 aliphatic heterocycles. The average molecular weight is 323 g/mol. The van der Waals surface area contributed by atoms with Crippen LogP contribution in [-0.2, 0) is 23.0 Å². The van der Waals surface area contributed by atoms with Gasteiger partial charge in [0.15, 0.2) is 0 Å². The van der Waals surface area contributed by atoms with Gasteiger partial charge in [0.2, 0.25) is 0 Å². The molecular weight excluding hydrogens is 305 g/mol. The molecule has 0 unspecified atom stereocenters. The lowest BCUT2D eigenvalue weighted by Gasteiger charge is -2.35. The molecule has 118 valence electrons. The lowest BCUT2D eigenvalue weighted by molar-refractivity contribution is 0.560. The van der Waals surface area contributed by atoms with Crippen molar-refractivity contribution in [1.29, 1.82) is 0 Å². The van der Waals surface area contributed by atoms with Gasteiger partial charge in [-0.3, -0.25) is 8.99 Å². The molecule has 1 aromatic heterocycles. The van der Waals surface area contributed by atoms with E-state index in [9.17, 15) is 12.8 Å². The van der Waals surface area contributed by atoms with E-state index in [1.54, 1.807) is 10.7 Å². The number of aromatic nitrogens is 2. The second-order valence-electron chi connectivity index (χ2n) is 5.49. The van der Waals surface area contributed by atoms with E-state index in [0.29, 0.717) is 25.1 Å². The number of hydrogen-bond acceptors (Lipinski definition) is 3. The van der Waals surface area contributed by atoms with Crippen LogP contribution < -0.4 is 4.31 Å². The SMILES string of the molecule is CCn1cc(S(=O)(=O)N2c3ccc(F)cc3CC[C@@H]2C)cn1. The van der Waals surface area contributed by atoms with Crippen molar-refractivity contribution in [3.8, 4) is 0 Å². The molecule has 0 radical (unpaired) electrons. The van der Waals surface area contributed by atoms with Crippen molar-refractivity contribution in [2.45, 2.75) is 44.2 Å². The standard InChI is InChI=1S/C15H18FN3O2S/c1-3-18-10-14(9-17-18)22(20,21)19-11(2)4-5-12-8-13(16)6-7-15(12)19/h6-11H,3-5H2,1-2H3/t11-/m0/s1. The fourth-order valence-electron chi connectivity index (χ4n) is 2.82. The third-order valence-electron chi connectivity index (χ3n) is 4.00. The quantitative estimate of drug-likeness (QED) is 0.872. The van der Waals surface area contributed by atoms with Gasteiger partial charge in [-0.2, -0.15) is 5.10 Å². The van der Waals surface area contributed by atoms with Crippen molar-refractivity contribution >= 4 is 15.7 Å². The van der Waals surface area contributed by atoms with Crippen LogP contribution in [0.15, 0.2) is 35.5 Å². The molecule has 7 heteroatoms. The molecule has 1 aromatic carbocycles. The highest BCUT2D eigenvalue weighted by Crippen LogP contribution is 2.35. The van der Waals surface area contributed by atoms with Gasteiger partial charge in [0.1, 0.15) is 10.7 Å². The van der Waals surface area contributed by atoms with Crippen LogP contribution in [0, 0.1) is 5.82 Å². The van der Waals surface area contributed by atoms with Gasteiger partial charge in [0, 0.05) is 18.8 Å². The van der Waals surface area contributed by atoms with Crippen LogP contribution >= 0.6 is 0 Å². The van der Waals surface area contributed by atoms with Crippen LogP contribution in [-0.4, -0.2) is 24.2 Å². The van der Waals surface area contributed by atoms with Crippen molar-refractivity contribution in [2.75, 3.05) is 4.31 Å². The maximum absolute atomic E-state index is 13.4. The van der Waals surface area contributed by atoms with Crippen LogP contribution in [0.5, 0.6) is 0 Å². The highest BCUT2D eigenvalue weighted by molar-refractivity contribution is 7.92. The van der Waals surface area contributed by atoms with Gasteiger partial charge in [-0.25, -0.2) is 12.8 Å². The Kier molecular flexibility index (Phi) is 3.68. The summed E-state index contributed by atoms with van der Waals surface area (Å²) in [5, 5.41) is 4.04. The summed E-state index contributed by atoms with van der Waals surface area (Å²) in [5.74, 6) is -0.343. The van der Waals surface area contributed by atoms with E-state index in [-0.39, 0.29) is 16.8 Å². The largest absolute Gasteiger partial charge is 0.272 e. The van der Waals surface area contributed by atoms with Crippen molar-refractivity contribution in [1.82, 2.24) is 9.78 Å². The molecule has 5 nitrogen and oxygen atoms in total. The first-order valence-electron chi connectivity index (χ1n) is 7.29. The van der Waals surface area contributed by atoms with Gasteiger partial charge < -0.3 is 0 Å². The van der Waals surface area contributed by atoms with Gasteiger partial charge in [0.05, 0.1) is 11.9 Å². The molecule has 22 heavy (non-hydrogen) atoms. The maximum Gasteiger partial charge on any atom is 0.267 e. The zero-order valence-corrected chi connectivity index (χ0v) is 13.3. The fraction of sp³-hybridized carbons (Fsp3) is 0.400. The third kappa shape index (κ3) is 2.39. The van der Waals surface area contributed by atoms with E-state index in [0.717, 1.165) is 5.56 Å². The van der Waals surface area contributed by atoms with Gasteiger partial charge in [-0.05, 0) is 50.5 Å². The Morgan fingerprint density at radius 1 is 1.41 bits per heavy atom. The highest BCUT2D eigenvalue weighted by atomic mass is 32.2. The highest BCUT2D eigenvalue weighted by Gasteiger charge is 2.34. The van der Waals surface area contributed by atoms with Gasteiger partial charge in [-0.15, -0.1) is 0 Å².